The second-order valence-electron chi connectivity index (χ2n) is 5.21. The van der Waals surface area contributed by atoms with E-state index in [0.717, 1.165) is 16.5 Å². The van der Waals surface area contributed by atoms with E-state index < -0.39 is 0 Å². The number of ether oxygens (including phenoxy) is 2. The van der Waals surface area contributed by atoms with Gasteiger partial charge in [-0.05, 0) is 35.0 Å². The molecule has 122 valence electrons. The third kappa shape index (κ3) is 3.41. The smallest absolute Gasteiger partial charge is 0.323 e. The van der Waals surface area contributed by atoms with Crippen LogP contribution in [0.5, 0.6) is 11.5 Å². The Morgan fingerprint density at radius 2 is 1.38 bits per heavy atom. The number of methoxy groups -OCH3 is 2. The Kier molecular flexibility index (Phi) is 4.52. The highest BCUT2D eigenvalue weighted by Gasteiger charge is 2.08. The van der Waals surface area contributed by atoms with Gasteiger partial charge < -0.3 is 20.1 Å². The van der Waals surface area contributed by atoms with Gasteiger partial charge in [0.1, 0.15) is 0 Å². The van der Waals surface area contributed by atoms with Gasteiger partial charge in [0, 0.05) is 17.4 Å². The van der Waals surface area contributed by atoms with E-state index in [1.165, 1.54) is 0 Å². The van der Waals surface area contributed by atoms with Crippen LogP contribution >= 0.6 is 0 Å². The monoisotopic (exact) mass is 322 g/mol. The Hall–Kier alpha value is -3.21. The van der Waals surface area contributed by atoms with Gasteiger partial charge in [0.15, 0.2) is 11.5 Å². The number of benzene rings is 3. The van der Waals surface area contributed by atoms with Crippen molar-refractivity contribution in [1.82, 2.24) is 0 Å². The fourth-order valence-corrected chi connectivity index (χ4v) is 2.47. The van der Waals surface area contributed by atoms with Crippen LogP contribution in [0.15, 0.2) is 60.7 Å². The third-order valence-corrected chi connectivity index (χ3v) is 3.65. The number of carbonyl (C=O) groups excluding carboxylic acids is 1. The molecule has 3 rings (SSSR count). The minimum Gasteiger partial charge on any atom is -0.493 e. The Morgan fingerprint density at radius 3 is 2.08 bits per heavy atom. The highest BCUT2D eigenvalue weighted by Crippen LogP contribution is 2.29. The summed E-state index contributed by atoms with van der Waals surface area (Å²) < 4.78 is 10.4. The number of hydrogen-bond acceptors (Lipinski definition) is 3. The first-order chi connectivity index (χ1) is 11.7. The van der Waals surface area contributed by atoms with Crippen molar-refractivity contribution in [1.29, 1.82) is 0 Å². The van der Waals surface area contributed by atoms with Crippen LogP contribution in [0.3, 0.4) is 0 Å². The molecule has 2 N–H and O–H groups in total. The molecule has 0 aliphatic heterocycles. The molecule has 0 saturated heterocycles. The normalized spacial score (nSPS) is 10.2. The van der Waals surface area contributed by atoms with Crippen molar-refractivity contribution in [3.8, 4) is 11.5 Å². The minimum atomic E-state index is -0.322. The van der Waals surface area contributed by atoms with Gasteiger partial charge in [-0.1, -0.05) is 30.3 Å². The molecule has 5 nitrogen and oxygen atoms in total. The van der Waals surface area contributed by atoms with Crippen molar-refractivity contribution in [2.24, 2.45) is 0 Å². The maximum absolute atomic E-state index is 12.2. The molecule has 0 fully saturated rings. The van der Waals surface area contributed by atoms with Crippen molar-refractivity contribution in [3.05, 3.63) is 60.7 Å². The molecular formula is C19H18N2O3. The van der Waals surface area contributed by atoms with Crippen LogP contribution in [0.4, 0.5) is 16.2 Å². The average Bonchev–Trinajstić information content (AvgIpc) is 2.61. The predicted molar refractivity (Wildman–Crippen MR) is 96.1 cm³/mol. The van der Waals surface area contributed by atoms with Crippen molar-refractivity contribution < 1.29 is 14.3 Å². The van der Waals surface area contributed by atoms with Crippen LogP contribution < -0.4 is 20.1 Å². The summed E-state index contributed by atoms with van der Waals surface area (Å²) >= 11 is 0. The lowest BCUT2D eigenvalue weighted by atomic mass is 10.1. The van der Waals surface area contributed by atoms with Crippen LogP contribution in [0, 0.1) is 0 Å². The average molecular weight is 322 g/mol. The van der Waals surface area contributed by atoms with Gasteiger partial charge in [-0.3, -0.25) is 0 Å². The standard InChI is InChI=1S/C19H18N2O3/c1-23-17-10-9-16(12-18(17)24-2)21-19(22)20-15-8-7-13-5-3-4-6-14(13)11-15/h3-12H,1-2H3,(H2,20,21,22). The topological polar surface area (TPSA) is 59.6 Å². The molecular weight excluding hydrogens is 304 g/mol. The van der Waals surface area contributed by atoms with Crippen molar-refractivity contribution >= 4 is 28.2 Å². The number of carbonyl (C=O) groups is 1. The molecule has 0 heterocycles. The SMILES string of the molecule is COc1ccc(NC(=O)Nc2ccc3ccccc3c2)cc1OC. The highest BCUT2D eigenvalue weighted by atomic mass is 16.5. The summed E-state index contributed by atoms with van der Waals surface area (Å²) in [6.45, 7) is 0. The number of amides is 2. The lowest BCUT2D eigenvalue weighted by molar-refractivity contribution is 0.262. The molecule has 0 atom stereocenters. The zero-order valence-corrected chi connectivity index (χ0v) is 13.5. The first kappa shape index (κ1) is 15.7. The van der Waals surface area contributed by atoms with Crippen LogP contribution in [0.1, 0.15) is 0 Å². The van der Waals surface area contributed by atoms with Gasteiger partial charge in [-0.2, -0.15) is 0 Å². The zero-order valence-electron chi connectivity index (χ0n) is 13.5. The van der Waals surface area contributed by atoms with Crippen LogP contribution in [-0.4, -0.2) is 20.3 Å². The Balaban J connectivity index is 1.72. The Morgan fingerprint density at radius 1 is 0.750 bits per heavy atom. The molecule has 0 aromatic heterocycles. The fourth-order valence-electron chi connectivity index (χ4n) is 2.47. The predicted octanol–water partition coefficient (Wildman–Crippen LogP) is 4.50. The van der Waals surface area contributed by atoms with Crippen LogP contribution in [-0.2, 0) is 0 Å². The van der Waals surface area contributed by atoms with Crippen LogP contribution in [0.25, 0.3) is 10.8 Å². The van der Waals surface area contributed by atoms with E-state index in [1.807, 2.05) is 42.5 Å². The summed E-state index contributed by atoms with van der Waals surface area (Å²) in [5.74, 6) is 1.17. The van der Waals surface area contributed by atoms with Gasteiger partial charge in [0.25, 0.3) is 0 Å². The molecule has 5 heteroatoms. The maximum Gasteiger partial charge on any atom is 0.323 e. The second-order valence-corrected chi connectivity index (χ2v) is 5.21. The Labute approximate surface area is 140 Å². The van der Waals surface area contributed by atoms with E-state index in [1.54, 1.807) is 32.4 Å². The number of hydrogen-bond donors (Lipinski definition) is 2. The quantitative estimate of drug-likeness (QED) is 0.743. The molecule has 0 radical (unpaired) electrons. The Bertz CT molecular complexity index is 877. The molecule has 0 aliphatic carbocycles. The van der Waals surface area contributed by atoms with Gasteiger partial charge >= 0.3 is 6.03 Å². The van der Waals surface area contributed by atoms with Gasteiger partial charge in [0.05, 0.1) is 14.2 Å². The maximum atomic E-state index is 12.2. The van der Waals surface area contributed by atoms with E-state index >= 15 is 0 Å². The van der Waals surface area contributed by atoms with Crippen molar-refractivity contribution in [2.75, 3.05) is 24.9 Å². The summed E-state index contributed by atoms with van der Waals surface area (Å²) in [7, 11) is 3.12. The second kappa shape index (κ2) is 6.91. The molecule has 3 aromatic rings. The number of urea groups is 1. The summed E-state index contributed by atoms with van der Waals surface area (Å²) in [6.07, 6.45) is 0. The molecule has 3 aromatic carbocycles. The van der Waals surface area contributed by atoms with Crippen molar-refractivity contribution in [3.63, 3.8) is 0 Å². The lowest BCUT2D eigenvalue weighted by Gasteiger charge is -2.11. The van der Waals surface area contributed by atoms with E-state index in [0.29, 0.717) is 17.2 Å². The molecule has 0 saturated carbocycles. The number of rotatable bonds is 4. The number of nitrogens with one attached hydrogen (secondary N) is 2. The lowest BCUT2D eigenvalue weighted by Crippen LogP contribution is -2.19. The molecule has 24 heavy (non-hydrogen) atoms. The van der Waals surface area contributed by atoms with E-state index in [-0.39, 0.29) is 6.03 Å². The largest absolute Gasteiger partial charge is 0.493 e. The fraction of sp³-hybridized carbons (Fsp3) is 0.105. The van der Waals surface area contributed by atoms with E-state index in [2.05, 4.69) is 10.6 Å². The van der Waals surface area contributed by atoms with Gasteiger partial charge in [-0.15, -0.1) is 0 Å². The first-order valence-electron chi connectivity index (χ1n) is 7.48. The van der Waals surface area contributed by atoms with Gasteiger partial charge in [-0.25, -0.2) is 4.79 Å². The van der Waals surface area contributed by atoms with E-state index in [4.69, 9.17) is 9.47 Å². The van der Waals surface area contributed by atoms with Crippen LogP contribution in [0.2, 0.25) is 0 Å². The molecule has 0 unspecified atom stereocenters. The molecule has 0 bridgehead atoms. The van der Waals surface area contributed by atoms with Crippen molar-refractivity contribution in [2.45, 2.75) is 0 Å². The first-order valence-corrected chi connectivity index (χ1v) is 7.48. The highest BCUT2D eigenvalue weighted by molar-refractivity contribution is 6.01. The molecule has 0 spiro atoms. The van der Waals surface area contributed by atoms with Gasteiger partial charge in [0.2, 0.25) is 0 Å². The number of fused-ring (bicyclic) bond motifs is 1. The van der Waals surface area contributed by atoms with E-state index in [9.17, 15) is 4.79 Å². The number of anilines is 2. The zero-order chi connectivity index (χ0) is 16.9. The summed E-state index contributed by atoms with van der Waals surface area (Å²) in [6, 6.07) is 18.6. The third-order valence-electron chi connectivity index (χ3n) is 3.65. The minimum absolute atomic E-state index is 0.322. The molecule has 2 amide bonds. The summed E-state index contributed by atoms with van der Waals surface area (Å²) in [5, 5.41) is 7.80. The summed E-state index contributed by atoms with van der Waals surface area (Å²) in [4.78, 5) is 12.2. The summed E-state index contributed by atoms with van der Waals surface area (Å²) in [5.41, 5.74) is 1.35. The molecule has 0 aliphatic rings.